The molecule has 2 aromatic rings. The van der Waals surface area contributed by atoms with Crippen molar-refractivity contribution in [1.82, 2.24) is 24.8 Å². The van der Waals surface area contributed by atoms with Crippen LogP contribution in [0.4, 0.5) is 0 Å². The third-order valence-electron chi connectivity index (χ3n) is 5.31. The van der Waals surface area contributed by atoms with Gasteiger partial charge in [-0.15, -0.1) is 5.10 Å². The molecule has 1 aromatic heterocycles. The average molecular weight is 424 g/mol. The number of sulfonamides is 1. The summed E-state index contributed by atoms with van der Waals surface area (Å²) in [7, 11) is -3.61. The van der Waals surface area contributed by atoms with Crippen LogP contribution in [0.25, 0.3) is 11.0 Å². The lowest BCUT2D eigenvalue weighted by molar-refractivity contribution is -0.127. The fraction of sp³-hybridized carbons (Fsp3) is 0.632. The zero-order chi connectivity index (χ0) is 21.0. The van der Waals surface area contributed by atoms with Crippen LogP contribution in [0.3, 0.4) is 0 Å². The zero-order valence-corrected chi connectivity index (χ0v) is 18.0. The second kappa shape index (κ2) is 9.08. The van der Waals surface area contributed by atoms with Gasteiger partial charge in [-0.3, -0.25) is 4.79 Å². The van der Waals surface area contributed by atoms with E-state index in [2.05, 4.69) is 22.6 Å². The summed E-state index contributed by atoms with van der Waals surface area (Å²) in [4.78, 5) is 18.8. The van der Waals surface area contributed by atoms with Gasteiger partial charge in [0.2, 0.25) is 10.0 Å². The van der Waals surface area contributed by atoms with Gasteiger partial charge in [-0.2, -0.15) is 4.31 Å². The summed E-state index contributed by atoms with van der Waals surface area (Å²) in [6.45, 7) is 6.88. The van der Waals surface area contributed by atoms with Crippen LogP contribution >= 0.6 is 0 Å². The van der Waals surface area contributed by atoms with Gasteiger partial charge in [0.15, 0.2) is 6.61 Å². The van der Waals surface area contributed by atoms with Crippen LogP contribution in [-0.2, 0) is 14.8 Å². The van der Waals surface area contributed by atoms with Crippen molar-refractivity contribution in [3.05, 3.63) is 18.2 Å². The molecule has 0 unspecified atom stereocenters. The van der Waals surface area contributed by atoms with E-state index in [-0.39, 0.29) is 23.5 Å². The standard InChI is InChI=1S/C19H29N5O4S/c1-4-15(5-2)20-19(25)13-28-24-18-11-16(8-9-17(18)21-22-24)29(26,27)23-10-6-7-14(3)12-23/h8-9,11,14-15H,4-7,10,12-13H2,1-3H3,(H,20,25)/t14-/m0/s1. The molecule has 10 heteroatoms. The van der Waals surface area contributed by atoms with Gasteiger partial charge in [0.1, 0.15) is 11.0 Å². The molecular weight excluding hydrogens is 394 g/mol. The highest BCUT2D eigenvalue weighted by atomic mass is 32.2. The summed E-state index contributed by atoms with van der Waals surface area (Å²) in [5.41, 5.74) is 0.905. The number of hydrogen-bond donors (Lipinski definition) is 1. The Morgan fingerprint density at radius 1 is 1.34 bits per heavy atom. The van der Waals surface area contributed by atoms with E-state index in [4.69, 9.17) is 4.84 Å². The second-order valence-electron chi connectivity index (χ2n) is 7.58. The van der Waals surface area contributed by atoms with Crippen LogP contribution in [-0.4, -0.2) is 59.5 Å². The average Bonchev–Trinajstić information content (AvgIpc) is 3.12. The molecule has 160 valence electrons. The first-order valence-corrected chi connectivity index (χ1v) is 11.6. The molecule has 1 aliphatic heterocycles. The molecule has 1 aliphatic rings. The Balaban J connectivity index is 1.77. The van der Waals surface area contributed by atoms with Crippen LogP contribution in [0.15, 0.2) is 23.1 Å². The Morgan fingerprint density at radius 2 is 2.10 bits per heavy atom. The molecule has 0 radical (unpaired) electrons. The smallest absolute Gasteiger partial charge is 0.260 e. The molecule has 1 fully saturated rings. The molecule has 29 heavy (non-hydrogen) atoms. The molecule has 1 atom stereocenters. The molecular formula is C19H29N5O4S. The summed E-state index contributed by atoms with van der Waals surface area (Å²) >= 11 is 0. The molecule has 3 rings (SSSR count). The maximum Gasteiger partial charge on any atom is 0.260 e. The fourth-order valence-electron chi connectivity index (χ4n) is 3.53. The summed E-state index contributed by atoms with van der Waals surface area (Å²) < 4.78 is 27.6. The maximum absolute atomic E-state index is 13.0. The number of hydrogen-bond acceptors (Lipinski definition) is 6. The van der Waals surface area contributed by atoms with E-state index in [1.807, 2.05) is 13.8 Å². The summed E-state index contributed by atoms with van der Waals surface area (Å²) in [6.07, 6.45) is 3.57. The van der Waals surface area contributed by atoms with Gasteiger partial charge in [-0.25, -0.2) is 8.42 Å². The Morgan fingerprint density at radius 3 is 2.79 bits per heavy atom. The Bertz CT molecular complexity index is 955. The molecule has 1 saturated heterocycles. The van der Waals surface area contributed by atoms with Gasteiger partial charge >= 0.3 is 0 Å². The molecule has 0 saturated carbocycles. The molecule has 0 bridgehead atoms. The number of nitrogens with zero attached hydrogens (tertiary/aromatic N) is 4. The highest BCUT2D eigenvalue weighted by Gasteiger charge is 2.29. The van der Waals surface area contributed by atoms with Crippen molar-refractivity contribution < 1.29 is 18.0 Å². The first-order chi connectivity index (χ1) is 13.8. The Hall–Kier alpha value is -2.20. The van der Waals surface area contributed by atoms with E-state index in [9.17, 15) is 13.2 Å². The molecule has 1 N–H and O–H groups in total. The molecule has 2 heterocycles. The number of nitrogens with one attached hydrogen (secondary N) is 1. The molecule has 1 amide bonds. The van der Waals surface area contributed by atoms with E-state index in [1.54, 1.807) is 6.07 Å². The predicted octanol–water partition coefficient (Wildman–Crippen LogP) is 1.59. The van der Waals surface area contributed by atoms with Crippen LogP contribution in [0.5, 0.6) is 0 Å². The molecule has 9 nitrogen and oxygen atoms in total. The van der Waals surface area contributed by atoms with Gasteiger partial charge in [-0.05, 0) is 55.0 Å². The maximum atomic E-state index is 13.0. The van der Waals surface area contributed by atoms with Crippen molar-refractivity contribution in [2.24, 2.45) is 5.92 Å². The van der Waals surface area contributed by atoms with E-state index >= 15 is 0 Å². The lowest BCUT2D eigenvalue weighted by Gasteiger charge is -2.30. The minimum absolute atomic E-state index is 0.0993. The summed E-state index contributed by atoms with van der Waals surface area (Å²) in [5.74, 6) is 0.0831. The van der Waals surface area contributed by atoms with Crippen LogP contribution in [0, 0.1) is 5.92 Å². The van der Waals surface area contributed by atoms with Crippen molar-refractivity contribution in [2.75, 3.05) is 19.7 Å². The van der Waals surface area contributed by atoms with E-state index in [1.165, 1.54) is 16.4 Å². The first-order valence-electron chi connectivity index (χ1n) is 10.1. The quantitative estimate of drug-likeness (QED) is 0.691. The fourth-order valence-corrected chi connectivity index (χ4v) is 5.15. The van der Waals surface area contributed by atoms with Gasteiger partial charge in [-0.1, -0.05) is 25.6 Å². The zero-order valence-electron chi connectivity index (χ0n) is 17.2. The lowest BCUT2D eigenvalue weighted by Crippen LogP contribution is -2.39. The van der Waals surface area contributed by atoms with E-state index < -0.39 is 10.0 Å². The first kappa shape index (κ1) is 21.5. The van der Waals surface area contributed by atoms with Crippen molar-refractivity contribution in [2.45, 2.75) is 57.4 Å². The number of carbonyl (C=O) groups excluding carboxylic acids is 1. The SMILES string of the molecule is CCC(CC)NC(=O)COn1nnc2ccc(S(=O)(=O)N3CCC[C@H](C)C3)cc21. The van der Waals surface area contributed by atoms with Crippen LogP contribution in [0.2, 0.25) is 0 Å². The number of fused-ring (bicyclic) bond motifs is 1. The Kier molecular flexibility index (Phi) is 6.74. The number of amides is 1. The van der Waals surface area contributed by atoms with Crippen LogP contribution in [0.1, 0.15) is 46.5 Å². The lowest BCUT2D eigenvalue weighted by atomic mass is 10.0. The topological polar surface area (TPSA) is 106 Å². The van der Waals surface area contributed by atoms with Gasteiger partial charge in [0, 0.05) is 19.1 Å². The van der Waals surface area contributed by atoms with E-state index in [0.717, 1.165) is 30.5 Å². The highest BCUT2D eigenvalue weighted by molar-refractivity contribution is 7.89. The number of benzene rings is 1. The number of rotatable bonds is 8. The summed E-state index contributed by atoms with van der Waals surface area (Å²) in [5, 5.41) is 10.8. The largest absolute Gasteiger partial charge is 0.385 e. The van der Waals surface area contributed by atoms with Gasteiger partial charge < -0.3 is 10.2 Å². The monoisotopic (exact) mass is 423 g/mol. The van der Waals surface area contributed by atoms with Gasteiger partial charge in [0.05, 0.1) is 4.90 Å². The van der Waals surface area contributed by atoms with Gasteiger partial charge in [0.25, 0.3) is 5.91 Å². The highest BCUT2D eigenvalue weighted by Crippen LogP contribution is 2.25. The predicted molar refractivity (Wildman–Crippen MR) is 109 cm³/mol. The van der Waals surface area contributed by atoms with Crippen molar-refractivity contribution in [1.29, 1.82) is 0 Å². The third kappa shape index (κ3) is 4.87. The normalized spacial score (nSPS) is 18.3. The minimum Gasteiger partial charge on any atom is -0.385 e. The molecule has 0 aliphatic carbocycles. The third-order valence-corrected chi connectivity index (χ3v) is 7.17. The van der Waals surface area contributed by atoms with Crippen molar-refractivity contribution in [3.8, 4) is 0 Å². The molecule has 1 aromatic carbocycles. The molecule has 0 spiro atoms. The summed E-state index contributed by atoms with van der Waals surface area (Å²) in [6, 6.07) is 4.74. The number of piperidine rings is 1. The Labute approximate surface area is 171 Å². The second-order valence-corrected chi connectivity index (χ2v) is 9.52. The van der Waals surface area contributed by atoms with Crippen molar-refractivity contribution >= 4 is 27.0 Å². The van der Waals surface area contributed by atoms with Crippen molar-refractivity contribution in [3.63, 3.8) is 0 Å². The number of carbonyl (C=O) groups is 1. The minimum atomic E-state index is -3.61. The van der Waals surface area contributed by atoms with Crippen LogP contribution < -0.4 is 10.2 Å². The van der Waals surface area contributed by atoms with E-state index in [0.29, 0.717) is 30.0 Å². The number of aromatic nitrogens is 3.